The van der Waals surface area contributed by atoms with Gasteiger partial charge in [0.05, 0.1) is 6.54 Å². The molecule has 2 aromatic heterocycles. The molecule has 1 saturated heterocycles. The van der Waals surface area contributed by atoms with Crippen molar-refractivity contribution in [2.24, 2.45) is 5.92 Å². The summed E-state index contributed by atoms with van der Waals surface area (Å²) >= 11 is 0. The maximum Gasteiger partial charge on any atom is 0.415 e. The Morgan fingerprint density at radius 2 is 2.19 bits per heavy atom. The van der Waals surface area contributed by atoms with Crippen molar-refractivity contribution in [1.29, 1.82) is 5.26 Å². The lowest BCUT2D eigenvalue weighted by atomic mass is 10.1. The highest BCUT2D eigenvalue weighted by Gasteiger charge is 2.34. The summed E-state index contributed by atoms with van der Waals surface area (Å²) in [6.07, 6.45) is 3.48. The zero-order chi connectivity index (χ0) is 22.1. The topological polar surface area (TPSA) is 129 Å². The monoisotopic (exact) mass is 434 g/mol. The van der Waals surface area contributed by atoms with Gasteiger partial charge in [-0.05, 0) is 67.6 Å². The molecular weight excluding hydrogens is 412 g/mol. The second-order valence-electron chi connectivity index (χ2n) is 8.15. The van der Waals surface area contributed by atoms with Gasteiger partial charge in [-0.3, -0.25) is 9.69 Å². The SMILES string of the molecule is N#Cc1nccc2c1CC(CNCCC1CN(c3ccc4c(n3)NC(=O)CO4)C(=O)O1)C2. The van der Waals surface area contributed by atoms with Gasteiger partial charge in [0.25, 0.3) is 5.91 Å². The zero-order valence-corrected chi connectivity index (χ0v) is 17.3. The molecule has 3 aliphatic rings. The van der Waals surface area contributed by atoms with Gasteiger partial charge in [-0.15, -0.1) is 0 Å². The largest absolute Gasteiger partial charge is 0.480 e. The third-order valence-corrected chi connectivity index (χ3v) is 5.95. The number of hydrogen-bond donors (Lipinski definition) is 2. The van der Waals surface area contributed by atoms with Crippen LogP contribution >= 0.6 is 0 Å². The highest BCUT2D eigenvalue weighted by atomic mass is 16.6. The lowest BCUT2D eigenvalue weighted by molar-refractivity contribution is -0.118. The summed E-state index contributed by atoms with van der Waals surface area (Å²) in [4.78, 5) is 33.8. The number of nitriles is 1. The lowest BCUT2D eigenvalue weighted by Gasteiger charge is -2.19. The summed E-state index contributed by atoms with van der Waals surface area (Å²) in [5.74, 6) is 1.36. The average molecular weight is 434 g/mol. The Kier molecular flexibility index (Phi) is 5.33. The molecule has 0 saturated carbocycles. The van der Waals surface area contributed by atoms with Crippen LogP contribution in [0.4, 0.5) is 16.4 Å². The molecule has 1 fully saturated rings. The van der Waals surface area contributed by atoms with E-state index < -0.39 is 6.09 Å². The van der Waals surface area contributed by atoms with Crippen molar-refractivity contribution in [3.63, 3.8) is 0 Å². The van der Waals surface area contributed by atoms with Crippen LogP contribution in [0.3, 0.4) is 0 Å². The predicted molar refractivity (Wildman–Crippen MR) is 113 cm³/mol. The first kappa shape index (κ1) is 20.2. The number of hydrogen-bond acceptors (Lipinski definition) is 8. The van der Waals surface area contributed by atoms with E-state index in [0.29, 0.717) is 48.5 Å². The van der Waals surface area contributed by atoms with Crippen molar-refractivity contribution >= 4 is 23.6 Å². The molecule has 2 amide bonds. The Labute approximate surface area is 184 Å². The maximum absolute atomic E-state index is 12.3. The van der Waals surface area contributed by atoms with Gasteiger partial charge >= 0.3 is 6.09 Å². The average Bonchev–Trinajstić information content (AvgIpc) is 3.38. The van der Waals surface area contributed by atoms with Gasteiger partial charge < -0.3 is 20.1 Å². The van der Waals surface area contributed by atoms with Crippen LogP contribution in [0.15, 0.2) is 24.4 Å². The third kappa shape index (κ3) is 3.94. The zero-order valence-electron chi connectivity index (χ0n) is 17.3. The van der Waals surface area contributed by atoms with Crippen LogP contribution in [0.1, 0.15) is 23.2 Å². The lowest BCUT2D eigenvalue weighted by Crippen LogP contribution is -2.30. The minimum Gasteiger partial charge on any atom is -0.480 e. The molecule has 4 heterocycles. The van der Waals surface area contributed by atoms with Crippen molar-refractivity contribution in [2.75, 3.05) is 36.5 Å². The number of cyclic esters (lactones) is 1. The molecule has 2 atom stereocenters. The molecular formula is C22H22N6O4. The first-order chi connectivity index (χ1) is 15.6. The summed E-state index contributed by atoms with van der Waals surface area (Å²) in [5, 5.41) is 15.3. The van der Waals surface area contributed by atoms with Crippen LogP contribution in [-0.4, -0.2) is 54.3 Å². The van der Waals surface area contributed by atoms with Crippen molar-refractivity contribution in [2.45, 2.75) is 25.4 Å². The van der Waals surface area contributed by atoms with Gasteiger partial charge in [-0.25, -0.2) is 14.8 Å². The number of anilines is 2. The van der Waals surface area contributed by atoms with Crippen LogP contribution in [0, 0.1) is 17.2 Å². The maximum atomic E-state index is 12.3. The van der Waals surface area contributed by atoms with Crippen LogP contribution in [0.5, 0.6) is 5.75 Å². The van der Waals surface area contributed by atoms with E-state index in [1.54, 1.807) is 18.3 Å². The van der Waals surface area contributed by atoms with Crippen molar-refractivity contribution < 1.29 is 19.1 Å². The number of ether oxygens (including phenoxy) is 2. The number of amides is 2. The molecule has 0 aromatic carbocycles. The van der Waals surface area contributed by atoms with Gasteiger partial charge in [0.15, 0.2) is 18.2 Å². The number of carbonyl (C=O) groups is 2. The minimum atomic E-state index is -0.451. The minimum absolute atomic E-state index is 0.0435. The van der Waals surface area contributed by atoms with E-state index in [9.17, 15) is 14.9 Å². The Morgan fingerprint density at radius 3 is 3.06 bits per heavy atom. The molecule has 2 unspecified atom stereocenters. The summed E-state index contributed by atoms with van der Waals surface area (Å²) in [6.45, 7) is 1.89. The van der Waals surface area contributed by atoms with E-state index in [4.69, 9.17) is 9.47 Å². The molecule has 32 heavy (non-hydrogen) atoms. The second-order valence-corrected chi connectivity index (χ2v) is 8.15. The Bertz CT molecular complexity index is 1110. The Hall–Kier alpha value is -3.71. The number of nitrogens with zero attached hydrogens (tertiary/aromatic N) is 4. The van der Waals surface area contributed by atoms with Gasteiger partial charge in [0.2, 0.25) is 0 Å². The molecule has 2 aliphatic heterocycles. The summed E-state index contributed by atoms with van der Waals surface area (Å²) in [7, 11) is 0. The molecule has 164 valence electrons. The summed E-state index contributed by atoms with van der Waals surface area (Å²) in [5.41, 5.74) is 2.81. The Balaban J connectivity index is 1.10. The fourth-order valence-corrected chi connectivity index (χ4v) is 4.40. The number of aromatic nitrogens is 2. The number of carbonyl (C=O) groups excluding carboxylic acids is 2. The van der Waals surface area contributed by atoms with Crippen molar-refractivity contribution in [3.05, 3.63) is 41.2 Å². The number of pyridine rings is 2. The van der Waals surface area contributed by atoms with E-state index >= 15 is 0 Å². The number of fused-ring (bicyclic) bond motifs is 2. The molecule has 2 aromatic rings. The molecule has 10 heteroatoms. The molecule has 0 radical (unpaired) electrons. The van der Waals surface area contributed by atoms with Crippen LogP contribution < -0.4 is 20.3 Å². The quantitative estimate of drug-likeness (QED) is 0.653. The predicted octanol–water partition coefficient (Wildman–Crippen LogP) is 1.40. The normalized spacial score (nSPS) is 21.3. The van der Waals surface area contributed by atoms with E-state index in [2.05, 4.69) is 26.7 Å². The number of rotatable bonds is 6. The van der Waals surface area contributed by atoms with E-state index in [1.165, 1.54) is 10.5 Å². The highest BCUT2D eigenvalue weighted by molar-refractivity contribution is 5.95. The fraction of sp³-hybridized carbons (Fsp3) is 0.409. The Morgan fingerprint density at radius 1 is 1.28 bits per heavy atom. The van der Waals surface area contributed by atoms with Crippen molar-refractivity contribution in [1.82, 2.24) is 15.3 Å². The van der Waals surface area contributed by atoms with Gasteiger partial charge in [0, 0.05) is 6.20 Å². The van der Waals surface area contributed by atoms with Gasteiger partial charge in [-0.1, -0.05) is 0 Å². The molecule has 0 spiro atoms. The van der Waals surface area contributed by atoms with Crippen LogP contribution in [0.25, 0.3) is 0 Å². The van der Waals surface area contributed by atoms with Crippen LogP contribution in [0.2, 0.25) is 0 Å². The van der Waals surface area contributed by atoms with E-state index in [0.717, 1.165) is 24.9 Å². The third-order valence-electron chi connectivity index (χ3n) is 5.95. The smallest absolute Gasteiger partial charge is 0.415 e. The van der Waals surface area contributed by atoms with E-state index in [-0.39, 0.29) is 18.6 Å². The van der Waals surface area contributed by atoms with E-state index in [1.807, 2.05) is 6.07 Å². The van der Waals surface area contributed by atoms with Crippen LogP contribution in [-0.2, 0) is 22.4 Å². The first-order valence-corrected chi connectivity index (χ1v) is 10.6. The molecule has 5 rings (SSSR count). The highest BCUT2D eigenvalue weighted by Crippen LogP contribution is 2.30. The fourth-order valence-electron chi connectivity index (χ4n) is 4.40. The molecule has 10 nitrogen and oxygen atoms in total. The second kappa shape index (κ2) is 8.43. The first-order valence-electron chi connectivity index (χ1n) is 10.6. The van der Waals surface area contributed by atoms with Crippen molar-refractivity contribution in [3.8, 4) is 11.8 Å². The summed E-state index contributed by atoms with van der Waals surface area (Å²) in [6, 6.07) is 7.54. The molecule has 0 bridgehead atoms. The molecule has 1 aliphatic carbocycles. The number of nitrogens with one attached hydrogen (secondary N) is 2. The standard InChI is InChI=1S/C22H22N6O4/c23-9-17-16-8-13(7-14(16)3-6-25-17)10-24-5-4-15-11-28(22(30)32-15)19-2-1-18-21(26-19)27-20(29)12-31-18/h1-3,6,13,15,24H,4-5,7-8,10-12H2,(H,26,27,29). The van der Waals surface area contributed by atoms with Gasteiger partial charge in [-0.2, -0.15) is 5.26 Å². The molecule has 2 N–H and O–H groups in total. The van der Waals surface area contributed by atoms with Gasteiger partial charge in [0.1, 0.15) is 23.7 Å². The summed E-state index contributed by atoms with van der Waals surface area (Å²) < 4.78 is 10.8.